The van der Waals surface area contributed by atoms with Gasteiger partial charge in [0.25, 0.3) is 0 Å². The Morgan fingerprint density at radius 3 is 2.52 bits per heavy atom. The second-order valence-electron chi connectivity index (χ2n) is 6.47. The van der Waals surface area contributed by atoms with Gasteiger partial charge in [0.05, 0.1) is 18.8 Å². The summed E-state index contributed by atoms with van der Waals surface area (Å²) in [5.41, 5.74) is 1.02. The summed E-state index contributed by atoms with van der Waals surface area (Å²) in [4.78, 5) is 12.1. The van der Waals surface area contributed by atoms with Crippen LogP contribution in [0.5, 0.6) is 0 Å². The smallest absolute Gasteiger partial charge is 0.220 e. The van der Waals surface area contributed by atoms with E-state index in [0.717, 1.165) is 18.4 Å². The van der Waals surface area contributed by atoms with Crippen molar-refractivity contribution in [2.45, 2.75) is 63.1 Å². The van der Waals surface area contributed by atoms with Crippen molar-refractivity contribution in [3.8, 4) is 0 Å². The zero-order chi connectivity index (χ0) is 18.4. The van der Waals surface area contributed by atoms with Gasteiger partial charge in [-0.2, -0.15) is 0 Å². The summed E-state index contributed by atoms with van der Waals surface area (Å²) >= 11 is 0. The van der Waals surface area contributed by atoms with Crippen LogP contribution < -0.4 is 5.32 Å². The molecule has 2 rings (SSSR count). The summed E-state index contributed by atoms with van der Waals surface area (Å²) in [5.74, 6) is -0.496. The Bertz CT molecular complexity index is 553. The predicted octanol–water partition coefficient (Wildman–Crippen LogP) is 0.525. The lowest BCUT2D eigenvalue weighted by atomic mass is 9.93. The maximum atomic E-state index is 12.8. The monoisotopic (exact) mass is 355 g/mol. The molecule has 0 radical (unpaired) electrons. The number of benzene rings is 1. The maximum absolute atomic E-state index is 12.8. The summed E-state index contributed by atoms with van der Waals surface area (Å²) in [5, 5.41) is 31.8. The Morgan fingerprint density at radius 1 is 1.20 bits per heavy atom. The van der Waals surface area contributed by atoms with E-state index in [1.54, 1.807) is 19.1 Å². The second kappa shape index (κ2) is 9.24. The van der Waals surface area contributed by atoms with Crippen LogP contribution >= 0.6 is 0 Å². The molecule has 4 N–H and O–H groups in total. The molecule has 0 bridgehead atoms. The van der Waals surface area contributed by atoms with Crippen LogP contribution in [0, 0.1) is 5.82 Å². The molecule has 1 aliphatic heterocycles. The highest BCUT2D eigenvalue weighted by Gasteiger charge is 2.42. The minimum absolute atomic E-state index is 0.228. The molecule has 140 valence electrons. The van der Waals surface area contributed by atoms with Gasteiger partial charge < -0.3 is 25.4 Å². The van der Waals surface area contributed by atoms with E-state index in [2.05, 4.69) is 5.32 Å². The molecular weight excluding hydrogens is 329 g/mol. The number of aryl methyl sites for hydroxylation is 1. The first-order valence-corrected chi connectivity index (χ1v) is 8.58. The Balaban J connectivity index is 1.73. The van der Waals surface area contributed by atoms with E-state index in [0.29, 0.717) is 6.42 Å². The van der Waals surface area contributed by atoms with Gasteiger partial charge >= 0.3 is 0 Å². The highest BCUT2D eigenvalue weighted by Crippen LogP contribution is 2.21. The molecule has 6 nitrogen and oxygen atoms in total. The molecule has 1 fully saturated rings. The Kier molecular flexibility index (Phi) is 7.31. The average molecular weight is 355 g/mol. The molecule has 1 aliphatic rings. The molecule has 5 atom stereocenters. The molecule has 1 amide bonds. The minimum Gasteiger partial charge on any atom is -0.394 e. The number of carbonyl (C=O) groups is 1. The van der Waals surface area contributed by atoms with Gasteiger partial charge in [-0.05, 0) is 43.9 Å². The molecule has 3 unspecified atom stereocenters. The van der Waals surface area contributed by atoms with Crippen molar-refractivity contribution in [2.24, 2.45) is 0 Å². The first-order chi connectivity index (χ1) is 11.9. The number of unbranched alkanes of at least 4 members (excludes halogenated alkanes) is 1. The molecule has 1 aromatic rings. The lowest BCUT2D eigenvalue weighted by molar-refractivity contribution is -0.190. The number of ether oxygens (including phenoxy) is 1. The van der Waals surface area contributed by atoms with Crippen molar-refractivity contribution in [3.63, 3.8) is 0 Å². The lowest BCUT2D eigenvalue weighted by Crippen LogP contribution is -2.63. The van der Waals surface area contributed by atoms with Gasteiger partial charge in [0.2, 0.25) is 5.91 Å². The molecule has 0 saturated carbocycles. The van der Waals surface area contributed by atoms with E-state index in [9.17, 15) is 19.4 Å². The van der Waals surface area contributed by atoms with E-state index < -0.39 is 37.1 Å². The predicted molar refractivity (Wildman–Crippen MR) is 89.3 cm³/mol. The van der Waals surface area contributed by atoms with Crippen molar-refractivity contribution in [1.82, 2.24) is 5.32 Å². The quantitative estimate of drug-likeness (QED) is 0.535. The third-order valence-electron chi connectivity index (χ3n) is 4.53. The van der Waals surface area contributed by atoms with Gasteiger partial charge in [-0.3, -0.25) is 4.79 Å². The van der Waals surface area contributed by atoms with Crippen molar-refractivity contribution < 1.29 is 29.2 Å². The van der Waals surface area contributed by atoms with Crippen LogP contribution in [-0.2, 0) is 16.0 Å². The zero-order valence-corrected chi connectivity index (χ0v) is 14.3. The fourth-order valence-electron chi connectivity index (χ4n) is 3.03. The van der Waals surface area contributed by atoms with Gasteiger partial charge in [-0.1, -0.05) is 12.1 Å². The lowest BCUT2D eigenvalue weighted by Gasteiger charge is -2.41. The summed E-state index contributed by atoms with van der Waals surface area (Å²) < 4.78 is 18.2. The molecule has 7 heteroatoms. The van der Waals surface area contributed by atoms with E-state index in [-0.39, 0.29) is 18.1 Å². The Morgan fingerprint density at radius 2 is 1.88 bits per heavy atom. The molecule has 1 aromatic carbocycles. The SMILES string of the molecule is C[C@@H]1OC(CO)[C@@H](O)C(O)C1NC(=O)CCCCc1ccc(F)cc1. The van der Waals surface area contributed by atoms with Crippen LogP contribution in [-0.4, -0.2) is 58.3 Å². The fourth-order valence-corrected chi connectivity index (χ4v) is 3.03. The number of rotatable bonds is 7. The number of nitrogens with one attached hydrogen (secondary N) is 1. The molecule has 1 heterocycles. The van der Waals surface area contributed by atoms with Gasteiger partial charge in [0.15, 0.2) is 0 Å². The molecule has 0 spiro atoms. The topological polar surface area (TPSA) is 99.0 Å². The van der Waals surface area contributed by atoms with Gasteiger partial charge in [0, 0.05) is 6.42 Å². The summed E-state index contributed by atoms with van der Waals surface area (Å²) in [6.07, 6.45) is -1.31. The second-order valence-corrected chi connectivity index (χ2v) is 6.47. The molecule has 0 aliphatic carbocycles. The summed E-state index contributed by atoms with van der Waals surface area (Å²) in [6, 6.07) is 5.57. The Hall–Kier alpha value is -1.54. The number of aliphatic hydroxyl groups is 3. The molecule has 1 saturated heterocycles. The van der Waals surface area contributed by atoms with Crippen LogP contribution in [0.4, 0.5) is 4.39 Å². The van der Waals surface area contributed by atoms with Crippen molar-refractivity contribution in [2.75, 3.05) is 6.61 Å². The number of amides is 1. The number of aliphatic hydroxyl groups excluding tert-OH is 3. The van der Waals surface area contributed by atoms with Crippen molar-refractivity contribution >= 4 is 5.91 Å². The van der Waals surface area contributed by atoms with Crippen LogP contribution in [0.1, 0.15) is 31.7 Å². The zero-order valence-electron chi connectivity index (χ0n) is 14.3. The first kappa shape index (κ1) is 19.8. The molecule has 0 aromatic heterocycles. The van der Waals surface area contributed by atoms with E-state index >= 15 is 0 Å². The van der Waals surface area contributed by atoms with Crippen LogP contribution in [0.25, 0.3) is 0 Å². The number of hydrogen-bond acceptors (Lipinski definition) is 5. The highest BCUT2D eigenvalue weighted by atomic mass is 19.1. The van der Waals surface area contributed by atoms with E-state index in [1.165, 1.54) is 12.1 Å². The normalized spacial score (nSPS) is 29.4. The van der Waals surface area contributed by atoms with Gasteiger partial charge in [0.1, 0.15) is 24.1 Å². The number of carbonyl (C=O) groups excluding carboxylic acids is 1. The highest BCUT2D eigenvalue weighted by molar-refractivity contribution is 5.76. The number of halogens is 1. The van der Waals surface area contributed by atoms with Crippen LogP contribution in [0.3, 0.4) is 0 Å². The third kappa shape index (κ3) is 5.47. The van der Waals surface area contributed by atoms with Crippen LogP contribution in [0.15, 0.2) is 24.3 Å². The molecule has 25 heavy (non-hydrogen) atoms. The van der Waals surface area contributed by atoms with Crippen LogP contribution in [0.2, 0.25) is 0 Å². The van der Waals surface area contributed by atoms with E-state index in [1.807, 2.05) is 0 Å². The number of hydrogen-bond donors (Lipinski definition) is 4. The standard InChI is InChI=1S/C18H26FNO5/c1-11-16(18(24)17(23)14(10-21)25-11)20-15(22)5-3-2-4-12-6-8-13(19)9-7-12/h6-9,11,14,16-18,21,23-24H,2-5,10H2,1H3,(H,20,22)/t11-,14?,16?,17+,18?/m0/s1. The maximum Gasteiger partial charge on any atom is 0.220 e. The molecular formula is C18H26FNO5. The fraction of sp³-hybridized carbons (Fsp3) is 0.611. The van der Waals surface area contributed by atoms with Gasteiger partial charge in [-0.25, -0.2) is 4.39 Å². The van der Waals surface area contributed by atoms with E-state index in [4.69, 9.17) is 9.84 Å². The largest absolute Gasteiger partial charge is 0.394 e. The first-order valence-electron chi connectivity index (χ1n) is 8.58. The minimum atomic E-state index is -1.25. The van der Waals surface area contributed by atoms with Crippen molar-refractivity contribution in [1.29, 1.82) is 0 Å². The Labute approximate surface area is 146 Å². The summed E-state index contributed by atoms with van der Waals surface area (Å²) in [7, 11) is 0. The average Bonchev–Trinajstić information content (AvgIpc) is 2.60. The van der Waals surface area contributed by atoms with Crippen molar-refractivity contribution in [3.05, 3.63) is 35.6 Å². The van der Waals surface area contributed by atoms with Gasteiger partial charge in [-0.15, -0.1) is 0 Å². The summed E-state index contributed by atoms with van der Waals surface area (Å²) in [6.45, 7) is 1.28. The third-order valence-corrected chi connectivity index (χ3v) is 4.53.